The molecule has 0 bridgehead atoms. The Kier molecular flexibility index (Phi) is 7.19. The van der Waals surface area contributed by atoms with Crippen LogP contribution in [0.15, 0.2) is 84.0 Å². The molecule has 1 heterocycles. The third-order valence-electron chi connectivity index (χ3n) is 4.82. The van der Waals surface area contributed by atoms with Crippen molar-refractivity contribution in [1.82, 2.24) is 10.3 Å². The Bertz CT molecular complexity index is 1190. The summed E-state index contributed by atoms with van der Waals surface area (Å²) in [5, 5.41) is 13.7. The lowest BCUT2D eigenvalue weighted by Gasteiger charge is -2.22. The Labute approximate surface area is 201 Å². The van der Waals surface area contributed by atoms with Gasteiger partial charge in [-0.2, -0.15) is 5.01 Å². The van der Waals surface area contributed by atoms with E-state index in [4.69, 9.17) is 9.47 Å². The average molecular weight is 478 g/mol. The van der Waals surface area contributed by atoms with Crippen LogP contribution in [0, 0.1) is 0 Å². The van der Waals surface area contributed by atoms with Crippen molar-refractivity contribution >= 4 is 40.4 Å². The summed E-state index contributed by atoms with van der Waals surface area (Å²) in [6.07, 6.45) is 0. The number of urea groups is 2. The fourth-order valence-electron chi connectivity index (χ4n) is 3.23. The lowest BCUT2D eigenvalue weighted by molar-refractivity contribution is 0.211. The van der Waals surface area contributed by atoms with Gasteiger partial charge in [0.25, 0.3) is 0 Å². The lowest BCUT2D eigenvalue weighted by Crippen LogP contribution is -2.32. The number of carbonyl (C=O) groups is 2. The molecule has 1 aliphatic heterocycles. The molecule has 174 valence electrons. The minimum atomic E-state index is -0.546. The van der Waals surface area contributed by atoms with Gasteiger partial charge in [0.15, 0.2) is 16.7 Å². The molecule has 4 rings (SSSR count). The molecule has 3 aromatic carbocycles. The van der Waals surface area contributed by atoms with Crippen LogP contribution < -0.4 is 25.4 Å². The number of hydrogen-bond acceptors (Lipinski definition) is 6. The van der Waals surface area contributed by atoms with Crippen LogP contribution in [0.25, 0.3) is 0 Å². The van der Waals surface area contributed by atoms with E-state index in [1.54, 1.807) is 50.6 Å². The first-order valence-electron chi connectivity index (χ1n) is 10.3. The average Bonchev–Trinajstić information content (AvgIpc) is 3.28. The topological polar surface area (TPSA) is 104 Å². The Morgan fingerprint density at radius 3 is 2.06 bits per heavy atom. The summed E-state index contributed by atoms with van der Waals surface area (Å²) < 4.78 is 10.7. The summed E-state index contributed by atoms with van der Waals surface area (Å²) in [6.45, 7) is 0. The van der Waals surface area contributed by atoms with Crippen molar-refractivity contribution in [3.8, 4) is 11.5 Å². The van der Waals surface area contributed by atoms with Crippen molar-refractivity contribution in [3.05, 3.63) is 84.4 Å². The highest BCUT2D eigenvalue weighted by Crippen LogP contribution is 2.41. The number of thioether (sulfide) groups is 1. The Morgan fingerprint density at radius 2 is 1.44 bits per heavy atom. The van der Waals surface area contributed by atoms with Gasteiger partial charge in [-0.05, 0) is 42.0 Å². The molecular weight excluding hydrogens is 454 g/mol. The highest BCUT2D eigenvalue weighted by molar-refractivity contribution is 8.14. The first-order chi connectivity index (χ1) is 16.6. The second-order valence-corrected chi connectivity index (χ2v) is 8.14. The van der Waals surface area contributed by atoms with Crippen LogP contribution in [-0.2, 0) is 0 Å². The van der Waals surface area contributed by atoms with Crippen molar-refractivity contribution in [1.29, 1.82) is 0 Å². The molecule has 1 atom stereocenters. The number of benzene rings is 3. The molecule has 10 heteroatoms. The molecule has 0 fully saturated rings. The van der Waals surface area contributed by atoms with Crippen LogP contribution in [0.4, 0.5) is 21.0 Å². The van der Waals surface area contributed by atoms with Gasteiger partial charge >= 0.3 is 12.1 Å². The number of para-hydroxylation sites is 2. The molecule has 4 amide bonds. The van der Waals surface area contributed by atoms with Crippen molar-refractivity contribution in [2.75, 3.05) is 24.9 Å². The van der Waals surface area contributed by atoms with Gasteiger partial charge in [-0.25, -0.2) is 9.59 Å². The van der Waals surface area contributed by atoms with Gasteiger partial charge in [0, 0.05) is 11.4 Å². The quantitative estimate of drug-likeness (QED) is 0.476. The van der Waals surface area contributed by atoms with Crippen molar-refractivity contribution in [2.24, 2.45) is 5.10 Å². The van der Waals surface area contributed by atoms with Crippen LogP contribution >= 0.6 is 11.8 Å². The second-order valence-electron chi connectivity index (χ2n) is 7.08. The third kappa shape index (κ3) is 5.41. The molecule has 0 aliphatic carbocycles. The molecule has 34 heavy (non-hydrogen) atoms. The van der Waals surface area contributed by atoms with Crippen LogP contribution in [-0.4, -0.2) is 36.5 Å². The molecule has 0 spiro atoms. The van der Waals surface area contributed by atoms with E-state index in [2.05, 4.69) is 21.1 Å². The summed E-state index contributed by atoms with van der Waals surface area (Å²) >= 11 is 1.23. The molecule has 9 nitrogen and oxygen atoms in total. The van der Waals surface area contributed by atoms with Gasteiger partial charge in [0.2, 0.25) is 0 Å². The minimum absolute atomic E-state index is 0.274. The van der Waals surface area contributed by atoms with E-state index in [9.17, 15) is 9.59 Å². The van der Waals surface area contributed by atoms with E-state index in [1.807, 2.05) is 42.5 Å². The number of nitrogens with one attached hydrogen (secondary N) is 3. The fourth-order valence-corrected chi connectivity index (χ4v) is 4.26. The van der Waals surface area contributed by atoms with Gasteiger partial charge in [-0.15, -0.1) is 5.10 Å². The molecule has 0 unspecified atom stereocenters. The Morgan fingerprint density at radius 1 is 0.824 bits per heavy atom. The SMILES string of the molecule is COc1ccc([C@@H]2SC(NC(=O)Nc3ccccc3)=NN2C(=O)Nc2ccccc2)cc1OC. The van der Waals surface area contributed by atoms with Crippen LogP contribution in [0.3, 0.4) is 0 Å². The second kappa shape index (κ2) is 10.6. The van der Waals surface area contributed by atoms with Gasteiger partial charge in [-0.1, -0.05) is 54.2 Å². The number of methoxy groups -OCH3 is 2. The largest absolute Gasteiger partial charge is 0.493 e. The molecule has 3 aromatic rings. The zero-order chi connectivity index (χ0) is 23.9. The zero-order valence-corrected chi connectivity index (χ0v) is 19.3. The predicted octanol–water partition coefficient (Wildman–Crippen LogP) is 5.08. The number of hydrogen-bond donors (Lipinski definition) is 3. The first-order valence-corrected chi connectivity index (χ1v) is 11.2. The molecule has 0 saturated carbocycles. The van der Waals surface area contributed by atoms with Gasteiger partial charge in [0.1, 0.15) is 5.37 Å². The number of ether oxygens (including phenoxy) is 2. The van der Waals surface area contributed by atoms with E-state index in [-0.39, 0.29) is 5.17 Å². The number of amidine groups is 1. The molecule has 0 aromatic heterocycles. The maximum atomic E-state index is 13.1. The fraction of sp³-hybridized carbons (Fsp3) is 0.125. The smallest absolute Gasteiger partial charge is 0.343 e. The van der Waals surface area contributed by atoms with Crippen LogP contribution in [0.1, 0.15) is 10.9 Å². The molecule has 3 N–H and O–H groups in total. The summed E-state index contributed by atoms with van der Waals surface area (Å²) in [7, 11) is 3.10. The Balaban J connectivity index is 1.56. The highest BCUT2D eigenvalue weighted by Gasteiger charge is 2.35. The predicted molar refractivity (Wildman–Crippen MR) is 133 cm³/mol. The standard InChI is InChI=1S/C24H23N5O4S/c1-32-19-14-13-16(15-20(19)33-2)21-29(24(31)26-18-11-7-4-8-12-18)28-23(34-21)27-22(30)25-17-9-5-3-6-10-17/h3-15,21H,1-2H3,(H,26,31)(H2,25,27,28,30)/t21-/m0/s1. The molecular formula is C24H23N5O4S. The van der Waals surface area contributed by atoms with E-state index in [1.165, 1.54) is 16.8 Å². The van der Waals surface area contributed by atoms with E-state index in [0.29, 0.717) is 22.9 Å². The lowest BCUT2D eigenvalue weighted by atomic mass is 10.2. The summed E-state index contributed by atoms with van der Waals surface area (Å²) in [5.74, 6) is 1.09. The highest BCUT2D eigenvalue weighted by atomic mass is 32.2. The number of nitrogens with zero attached hydrogens (tertiary/aromatic N) is 2. The van der Waals surface area contributed by atoms with E-state index < -0.39 is 17.4 Å². The zero-order valence-electron chi connectivity index (χ0n) is 18.5. The van der Waals surface area contributed by atoms with Gasteiger partial charge < -0.3 is 20.1 Å². The molecule has 0 saturated heterocycles. The van der Waals surface area contributed by atoms with Crippen molar-refractivity contribution in [2.45, 2.75) is 5.37 Å². The van der Waals surface area contributed by atoms with Crippen molar-refractivity contribution < 1.29 is 19.1 Å². The van der Waals surface area contributed by atoms with E-state index in [0.717, 1.165) is 5.56 Å². The van der Waals surface area contributed by atoms with Crippen LogP contribution in [0.5, 0.6) is 11.5 Å². The maximum Gasteiger partial charge on any atom is 0.343 e. The summed E-state index contributed by atoms with van der Waals surface area (Å²) in [6, 6.07) is 22.6. The van der Waals surface area contributed by atoms with Gasteiger partial charge in [-0.3, -0.25) is 5.32 Å². The summed E-state index contributed by atoms with van der Waals surface area (Å²) in [4.78, 5) is 25.6. The maximum absolute atomic E-state index is 13.1. The van der Waals surface area contributed by atoms with Crippen molar-refractivity contribution in [3.63, 3.8) is 0 Å². The first kappa shape index (κ1) is 23.0. The van der Waals surface area contributed by atoms with Gasteiger partial charge in [0.05, 0.1) is 14.2 Å². The molecule has 1 aliphatic rings. The molecule has 0 radical (unpaired) electrons. The third-order valence-corrected chi connectivity index (χ3v) is 5.92. The Hall–Kier alpha value is -4.18. The van der Waals surface area contributed by atoms with Crippen LogP contribution in [0.2, 0.25) is 0 Å². The number of carbonyl (C=O) groups excluding carboxylic acids is 2. The summed E-state index contributed by atoms with van der Waals surface area (Å²) in [5.41, 5.74) is 2.01. The normalized spacial score (nSPS) is 14.7. The number of rotatable bonds is 5. The number of anilines is 2. The van der Waals surface area contributed by atoms with E-state index >= 15 is 0 Å². The number of amides is 4. The minimum Gasteiger partial charge on any atom is -0.493 e. The number of hydrazone groups is 1. The monoisotopic (exact) mass is 477 g/mol.